The van der Waals surface area contributed by atoms with Gasteiger partial charge in [0.2, 0.25) is 0 Å². The van der Waals surface area contributed by atoms with Gasteiger partial charge in [-0.15, -0.1) is 0 Å². The Hall–Kier alpha value is -1.88. The number of carbonyl (C=O) groups is 2. The first-order valence-electron chi connectivity index (χ1n) is 6.25. The Bertz CT molecular complexity index is 405. The molecule has 0 saturated carbocycles. The van der Waals surface area contributed by atoms with Crippen molar-refractivity contribution in [3.05, 3.63) is 35.9 Å². The monoisotopic (exact) mass is 265 g/mol. The summed E-state index contributed by atoms with van der Waals surface area (Å²) in [5, 5.41) is 0. The molecule has 1 unspecified atom stereocenters. The SMILES string of the molecule is CCOC(=O)CCC(N)C(=O)OCc1ccccc1. The molecule has 1 rings (SSSR count). The predicted octanol–water partition coefficient (Wildman–Crippen LogP) is 1.40. The van der Waals surface area contributed by atoms with Crippen molar-refractivity contribution in [3.8, 4) is 0 Å². The molecular weight excluding hydrogens is 246 g/mol. The van der Waals surface area contributed by atoms with E-state index in [1.807, 2.05) is 30.3 Å². The number of nitrogens with two attached hydrogens (primary N) is 1. The highest BCUT2D eigenvalue weighted by Gasteiger charge is 2.17. The lowest BCUT2D eigenvalue weighted by Crippen LogP contribution is -2.32. The molecule has 0 aliphatic carbocycles. The molecule has 19 heavy (non-hydrogen) atoms. The van der Waals surface area contributed by atoms with Gasteiger partial charge >= 0.3 is 11.9 Å². The van der Waals surface area contributed by atoms with Crippen LogP contribution in [0.3, 0.4) is 0 Å². The van der Waals surface area contributed by atoms with Gasteiger partial charge in [0.1, 0.15) is 12.6 Å². The predicted molar refractivity (Wildman–Crippen MR) is 70.1 cm³/mol. The van der Waals surface area contributed by atoms with Gasteiger partial charge in [-0.05, 0) is 18.9 Å². The minimum Gasteiger partial charge on any atom is -0.466 e. The molecule has 0 bridgehead atoms. The van der Waals surface area contributed by atoms with E-state index in [1.54, 1.807) is 6.92 Å². The highest BCUT2D eigenvalue weighted by atomic mass is 16.5. The Kier molecular flexibility index (Phi) is 6.60. The zero-order chi connectivity index (χ0) is 14.1. The number of rotatable bonds is 7. The van der Waals surface area contributed by atoms with Crippen LogP contribution in [0.1, 0.15) is 25.3 Å². The van der Waals surface area contributed by atoms with E-state index in [4.69, 9.17) is 15.2 Å². The van der Waals surface area contributed by atoms with E-state index in [1.165, 1.54) is 0 Å². The second-order valence-electron chi connectivity index (χ2n) is 4.04. The molecule has 0 radical (unpaired) electrons. The Morgan fingerprint density at radius 1 is 1.21 bits per heavy atom. The van der Waals surface area contributed by atoms with Gasteiger partial charge in [0.15, 0.2) is 0 Å². The van der Waals surface area contributed by atoms with Crippen molar-refractivity contribution in [2.24, 2.45) is 5.73 Å². The standard InChI is InChI=1S/C14H19NO4/c1-2-18-13(16)9-8-12(15)14(17)19-10-11-6-4-3-5-7-11/h3-7,12H,2,8-10,15H2,1H3. The van der Waals surface area contributed by atoms with Gasteiger partial charge in [0.05, 0.1) is 6.61 Å². The van der Waals surface area contributed by atoms with Gasteiger partial charge in [-0.3, -0.25) is 9.59 Å². The molecule has 1 atom stereocenters. The summed E-state index contributed by atoms with van der Waals surface area (Å²) in [6.07, 6.45) is 0.349. The summed E-state index contributed by atoms with van der Waals surface area (Å²) < 4.78 is 9.82. The first-order valence-corrected chi connectivity index (χ1v) is 6.25. The van der Waals surface area contributed by atoms with Crippen LogP contribution in [-0.2, 0) is 25.7 Å². The van der Waals surface area contributed by atoms with Crippen LogP contribution < -0.4 is 5.73 Å². The molecule has 5 nitrogen and oxygen atoms in total. The van der Waals surface area contributed by atoms with Crippen LogP contribution in [0.15, 0.2) is 30.3 Å². The average Bonchev–Trinajstić information content (AvgIpc) is 2.43. The summed E-state index contributed by atoms with van der Waals surface area (Å²) in [4.78, 5) is 22.7. The molecule has 0 aromatic heterocycles. The Morgan fingerprint density at radius 3 is 2.53 bits per heavy atom. The largest absolute Gasteiger partial charge is 0.466 e. The van der Waals surface area contributed by atoms with E-state index in [0.717, 1.165) is 5.56 Å². The van der Waals surface area contributed by atoms with Crippen molar-refractivity contribution in [2.45, 2.75) is 32.4 Å². The molecule has 0 amide bonds. The third kappa shape index (κ3) is 6.01. The second-order valence-corrected chi connectivity index (χ2v) is 4.04. The molecule has 1 aromatic carbocycles. The van der Waals surface area contributed by atoms with Crippen LogP contribution in [0.2, 0.25) is 0 Å². The maximum absolute atomic E-state index is 11.6. The molecule has 2 N–H and O–H groups in total. The van der Waals surface area contributed by atoms with E-state index in [0.29, 0.717) is 6.61 Å². The van der Waals surface area contributed by atoms with Crippen molar-refractivity contribution >= 4 is 11.9 Å². The fraction of sp³-hybridized carbons (Fsp3) is 0.429. The molecule has 0 aliphatic heterocycles. The lowest BCUT2D eigenvalue weighted by molar-refractivity contribution is -0.147. The summed E-state index contributed by atoms with van der Waals surface area (Å²) in [7, 11) is 0. The van der Waals surface area contributed by atoms with E-state index in [9.17, 15) is 9.59 Å². The van der Waals surface area contributed by atoms with Crippen molar-refractivity contribution < 1.29 is 19.1 Å². The fourth-order valence-corrected chi connectivity index (χ4v) is 1.46. The summed E-state index contributed by atoms with van der Waals surface area (Å²) in [5.41, 5.74) is 6.54. The minimum atomic E-state index is -0.798. The van der Waals surface area contributed by atoms with Gasteiger partial charge in [0.25, 0.3) is 0 Å². The molecule has 1 aromatic rings. The van der Waals surface area contributed by atoms with Crippen molar-refractivity contribution in [3.63, 3.8) is 0 Å². The molecule has 5 heteroatoms. The molecule has 104 valence electrons. The Labute approximate surface area is 112 Å². The first kappa shape index (κ1) is 15.2. The van der Waals surface area contributed by atoms with Crippen LogP contribution in [0, 0.1) is 0 Å². The van der Waals surface area contributed by atoms with Gasteiger partial charge in [-0.1, -0.05) is 30.3 Å². The number of ether oxygens (including phenoxy) is 2. The van der Waals surface area contributed by atoms with Gasteiger partial charge in [-0.25, -0.2) is 0 Å². The Balaban J connectivity index is 2.27. The fourth-order valence-electron chi connectivity index (χ4n) is 1.46. The van der Waals surface area contributed by atoms with E-state index in [-0.39, 0.29) is 25.4 Å². The minimum absolute atomic E-state index is 0.120. The molecule has 0 heterocycles. The topological polar surface area (TPSA) is 78.6 Å². The number of benzene rings is 1. The van der Waals surface area contributed by atoms with Crippen LogP contribution in [0.4, 0.5) is 0 Å². The van der Waals surface area contributed by atoms with Crippen molar-refractivity contribution in [1.29, 1.82) is 0 Å². The van der Waals surface area contributed by atoms with Crippen LogP contribution in [-0.4, -0.2) is 24.6 Å². The number of hydrogen-bond acceptors (Lipinski definition) is 5. The van der Waals surface area contributed by atoms with E-state index in [2.05, 4.69) is 0 Å². The lowest BCUT2D eigenvalue weighted by Gasteiger charge is -2.11. The molecule has 0 saturated heterocycles. The van der Waals surface area contributed by atoms with Crippen LogP contribution in [0.25, 0.3) is 0 Å². The molecule has 0 spiro atoms. The first-order chi connectivity index (χ1) is 9.13. The van der Waals surface area contributed by atoms with Crippen LogP contribution >= 0.6 is 0 Å². The summed E-state index contributed by atoms with van der Waals surface area (Å²) in [6.45, 7) is 2.24. The zero-order valence-electron chi connectivity index (χ0n) is 11.0. The van der Waals surface area contributed by atoms with Gasteiger partial charge in [-0.2, -0.15) is 0 Å². The van der Waals surface area contributed by atoms with E-state index >= 15 is 0 Å². The smallest absolute Gasteiger partial charge is 0.323 e. The molecular formula is C14H19NO4. The maximum atomic E-state index is 11.6. The Morgan fingerprint density at radius 2 is 1.89 bits per heavy atom. The quantitative estimate of drug-likeness (QED) is 0.754. The highest BCUT2D eigenvalue weighted by molar-refractivity contribution is 5.77. The average molecular weight is 265 g/mol. The van der Waals surface area contributed by atoms with Crippen LogP contribution in [0.5, 0.6) is 0 Å². The lowest BCUT2D eigenvalue weighted by atomic mass is 10.2. The maximum Gasteiger partial charge on any atom is 0.323 e. The third-order valence-electron chi connectivity index (χ3n) is 2.49. The number of carbonyl (C=O) groups excluding carboxylic acids is 2. The van der Waals surface area contributed by atoms with Gasteiger partial charge in [0, 0.05) is 6.42 Å². The zero-order valence-corrected chi connectivity index (χ0v) is 11.0. The number of esters is 2. The van der Waals surface area contributed by atoms with Gasteiger partial charge < -0.3 is 15.2 Å². The normalized spacial score (nSPS) is 11.7. The van der Waals surface area contributed by atoms with Crippen molar-refractivity contribution in [2.75, 3.05) is 6.61 Å². The molecule has 0 fully saturated rings. The summed E-state index contributed by atoms with van der Waals surface area (Å²) >= 11 is 0. The number of hydrogen-bond donors (Lipinski definition) is 1. The third-order valence-corrected chi connectivity index (χ3v) is 2.49. The van der Waals surface area contributed by atoms with E-state index < -0.39 is 12.0 Å². The summed E-state index contributed by atoms with van der Waals surface area (Å²) in [6, 6.07) is 8.53. The van der Waals surface area contributed by atoms with Crippen molar-refractivity contribution in [1.82, 2.24) is 0 Å². The molecule has 0 aliphatic rings. The summed E-state index contributed by atoms with van der Waals surface area (Å²) in [5.74, 6) is -0.859. The second kappa shape index (κ2) is 8.26. The highest BCUT2D eigenvalue weighted by Crippen LogP contribution is 2.04.